The van der Waals surface area contributed by atoms with Crippen LogP contribution in [0.4, 0.5) is 24.5 Å². The van der Waals surface area contributed by atoms with Gasteiger partial charge < -0.3 is 5.32 Å². The maximum absolute atomic E-state index is 12.6. The quantitative estimate of drug-likeness (QED) is 0.515. The number of nitrogens with one attached hydrogen (secondary N) is 1. The van der Waals surface area contributed by atoms with Crippen LogP contribution in [0.1, 0.15) is 11.1 Å². The molecule has 0 unspecified atom stereocenters. The molecule has 0 saturated carbocycles. The molecule has 0 aliphatic heterocycles. The summed E-state index contributed by atoms with van der Waals surface area (Å²) in [6, 6.07) is 9.71. The maximum atomic E-state index is 12.6. The molecule has 0 aliphatic rings. The lowest BCUT2D eigenvalue weighted by molar-refractivity contribution is -0.384. The number of carbonyl (C=O) groups excluding carboxylic acids is 1. The van der Waals surface area contributed by atoms with Crippen LogP contribution in [0, 0.1) is 10.1 Å². The second-order valence-corrected chi connectivity index (χ2v) is 4.75. The SMILES string of the molecule is O=C(C=Cc1cccc(C(F)(F)F)c1)Nc1ccc([N+](=O)[O-])cc1. The van der Waals surface area contributed by atoms with Crippen LogP contribution in [0.2, 0.25) is 0 Å². The third-order valence-corrected chi connectivity index (χ3v) is 2.99. The molecule has 2 aromatic carbocycles. The lowest BCUT2D eigenvalue weighted by atomic mass is 10.1. The summed E-state index contributed by atoms with van der Waals surface area (Å²) < 4.78 is 37.8. The van der Waals surface area contributed by atoms with Crippen LogP contribution in [-0.4, -0.2) is 10.8 Å². The molecule has 24 heavy (non-hydrogen) atoms. The molecule has 0 fully saturated rings. The molecular weight excluding hydrogens is 325 g/mol. The van der Waals surface area contributed by atoms with Gasteiger partial charge in [-0.05, 0) is 35.9 Å². The zero-order chi connectivity index (χ0) is 17.7. The number of amides is 1. The molecule has 0 spiro atoms. The minimum atomic E-state index is -4.45. The fraction of sp³-hybridized carbons (Fsp3) is 0.0625. The van der Waals surface area contributed by atoms with Gasteiger partial charge in [-0.3, -0.25) is 14.9 Å². The van der Waals surface area contributed by atoms with Crippen molar-refractivity contribution in [2.75, 3.05) is 5.32 Å². The van der Waals surface area contributed by atoms with Gasteiger partial charge in [0.15, 0.2) is 0 Å². The molecule has 5 nitrogen and oxygen atoms in total. The molecule has 2 rings (SSSR count). The van der Waals surface area contributed by atoms with Crippen molar-refractivity contribution in [3.05, 3.63) is 75.8 Å². The Hall–Kier alpha value is -3.16. The summed E-state index contributed by atoms with van der Waals surface area (Å²) in [7, 11) is 0. The van der Waals surface area contributed by atoms with Crippen molar-refractivity contribution in [2.45, 2.75) is 6.18 Å². The van der Waals surface area contributed by atoms with E-state index in [1.807, 2.05) is 0 Å². The first kappa shape index (κ1) is 17.2. The highest BCUT2D eigenvalue weighted by Gasteiger charge is 2.30. The van der Waals surface area contributed by atoms with E-state index in [-0.39, 0.29) is 11.3 Å². The molecule has 2 aromatic rings. The Morgan fingerprint density at radius 3 is 2.38 bits per heavy atom. The second kappa shape index (κ2) is 6.95. The van der Waals surface area contributed by atoms with Crippen LogP contribution in [0.5, 0.6) is 0 Å². The number of nitro benzene ring substituents is 1. The lowest BCUT2D eigenvalue weighted by Crippen LogP contribution is -2.07. The Balaban J connectivity index is 2.04. The Kier molecular flexibility index (Phi) is 4.98. The molecule has 1 amide bonds. The highest BCUT2D eigenvalue weighted by Crippen LogP contribution is 2.29. The largest absolute Gasteiger partial charge is 0.416 e. The molecule has 0 aliphatic carbocycles. The van der Waals surface area contributed by atoms with Gasteiger partial charge in [0.25, 0.3) is 5.69 Å². The smallest absolute Gasteiger partial charge is 0.323 e. The van der Waals surface area contributed by atoms with E-state index >= 15 is 0 Å². The van der Waals surface area contributed by atoms with Gasteiger partial charge in [0.1, 0.15) is 0 Å². The number of hydrogen-bond acceptors (Lipinski definition) is 3. The number of anilines is 1. The first-order valence-electron chi connectivity index (χ1n) is 6.66. The van der Waals surface area contributed by atoms with Crippen LogP contribution in [-0.2, 0) is 11.0 Å². The van der Waals surface area contributed by atoms with Gasteiger partial charge in [-0.1, -0.05) is 12.1 Å². The van der Waals surface area contributed by atoms with Crippen LogP contribution in [0.15, 0.2) is 54.6 Å². The number of halogens is 3. The standard InChI is InChI=1S/C16H11F3N2O3/c17-16(18,19)12-3-1-2-11(10-12)4-9-15(22)20-13-5-7-14(8-6-13)21(23)24/h1-10H,(H,20,22). The highest BCUT2D eigenvalue weighted by molar-refractivity contribution is 6.01. The van der Waals surface area contributed by atoms with Crippen molar-refractivity contribution in [3.63, 3.8) is 0 Å². The fourth-order valence-corrected chi connectivity index (χ4v) is 1.84. The summed E-state index contributed by atoms with van der Waals surface area (Å²) in [6.07, 6.45) is -2.13. The Bertz CT molecular complexity index is 784. The number of rotatable bonds is 4. The summed E-state index contributed by atoms with van der Waals surface area (Å²) in [5.41, 5.74) is -0.365. The molecule has 0 bridgehead atoms. The van der Waals surface area contributed by atoms with E-state index in [9.17, 15) is 28.1 Å². The third kappa shape index (κ3) is 4.67. The van der Waals surface area contributed by atoms with Crippen LogP contribution < -0.4 is 5.32 Å². The number of nitrogens with zero attached hydrogens (tertiary/aromatic N) is 1. The van der Waals surface area contributed by atoms with E-state index in [4.69, 9.17) is 0 Å². The lowest BCUT2D eigenvalue weighted by Gasteiger charge is -2.06. The Morgan fingerprint density at radius 1 is 1.12 bits per heavy atom. The number of carbonyl (C=O) groups is 1. The van der Waals surface area contributed by atoms with E-state index in [1.165, 1.54) is 42.5 Å². The van der Waals surface area contributed by atoms with Crippen molar-refractivity contribution in [3.8, 4) is 0 Å². The van der Waals surface area contributed by atoms with E-state index in [1.54, 1.807) is 0 Å². The zero-order valence-corrected chi connectivity index (χ0v) is 12.1. The predicted molar refractivity (Wildman–Crippen MR) is 82.2 cm³/mol. The monoisotopic (exact) mass is 336 g/mol. The molecule has 124 valence electrons. The summed E-state index contributed by atoms with van der Waals surface area (Å²) in [5, 5.41) is 13.0. The fourth-order valence-electron chi connectivity index (χ4n) is 1.84. The van der Waals surface area contributed by atoms with Gasteiger partial charge >= 0.3 is 6.18 Å². The number of alkyl halides is 3. The van der Waals surface area contributed by atoms with Gasteiger partial charge in [0.2, 0.25) is 5.91 Å². The summed E-state index contributed by atoms with van der Waals surface area (Å²) >= 11 is 0. The Labute approximate surface area is 134 Å². The molecule has 0 heterocycles. The summed E-state index contributed by atoms with van der Waals surface area (Å²) in [4.78, 5) is 21.7. The molecular formula is C16H11F3N2O3. The van der Waals surface area contributed by atoms with Crippen molar-refractivity contribution >= 4 is 23.4 Å². The van der Waals surface area contributed by atoms with Crippen molar-refractivity contribution in [2.24, 2.45) is 0 Å². The van der Waals surface area contributed by atoms with Crippen molar-refractivity contribution < 1.29 is 22.9 Å². The minimum absolute atomic E-state index is 0.118. The number of benzene rings is 2. The molecule has 0 radical (unpaired) electrons. The van der Waals surface area contributed by atoms with E-state index < -0.39 is 22.6 Å². The number of hydrogen-bond donors (Lipinski definition) is 1. The minimum Gasteiger partial charge on any atom is -0.323 e. The van der Waals surface area contributed by atoms with E-state index in [2.05, 4.69) is 5.32 Å². The normalized spacial score (nSPS) is 11.5. The summed E-state index contributed by atoms with van der Waals surface area (Å²) in [6.45, 7) is 0. The average Bonchev–Trinajstić information content (AvgIpc) is 2.53. The van der Waals surface area contributed by atoms with Crippen LogP contribution in [0.3, 0.4) is 0 Å². The third-order valence-electron chi connectivity index (χ3n) is 2.99. The maximum Gasteiger partial charge on any atom is 0.416 e. The average molecular weight is 336 g/mol. The van der Waals surface area contributed by atoms with Gasteiger partial charge in [-0.15, -0.1) is 0 Å². The van der Waals surface area contributed by atoms with Crippen LogP contribution >= 0.6 is 0 Å². The molecule has 0 atom stereocenters. The van der Waals surface area contributed by atoms with Crippen molar-refractivity contribution in [1.82, 2.24) is 0 Å². The molecule has 8 heteroatoms. The first-order valence-corrected chi connectivity index (χ1v) is 6.66. The molecule has 1 N–H and O–H groups in total. The van der Waals surface area contributed by atoms with Crippen LogP contribution in [0.25, 0.3) is 6.08 Å². The molecule has 0 aromatic heterocycles. The van der Waals surface area contributed by atoms with Gasteiger partial charge in [0, 0.05) is 23.9 Å². The topological polar surface area (TPSA) is 72.2 Å². The van der Waals surface area contributed by atoms with Gasteiger partial charge in [-0.2, -0.15) is 13.2 Å². The Morgan fingerprint density at radius 2 is 1.79 bits per heavy atom. The second-order valence-electron chi connectivity index (χ2n) is 4.75. The van der Waals surface area contributed by atoms with Gasteiger partial charge in [0.05, 0.1) is 10.5 Å². The summed E-state index contributed by atoms with van der Waals surface area (Å²) in [5.74, 6) is -0.568. The highest BCUT2D eigenvalue weighted by atomic mass is 19.4. The van der Waals surface area contributed by atoms with E-state index in [0.29, 0.717) is 5.69 Å². The molecule has 0 saturated heterocycles. The van der Waals surface area contributed by atoms with Crippen molar-refractivity contribution in [1.29, 1.82) is 0 Å². The zero-order valence-electron chi connectivity index (χ0n) is 12.1. The number of nitro groups is 1. The predicted octanol–water partition coefficient (Wildman–Crippen LogP) is 4.27. The first-order chi connectivity index (χ1) is 11.3. The van der Waals surface area contributed by atoms with Gasteiger partial charge in [-0.25, -0.2) is 0 Å². The van der Waals surface area contributed by atoms with E-state index in [0.717, 1.165) is 18.2 Å². The number of non-ortho nitro benzene ring substituents is 1.